The maximum Gasteiger partial charge on any atom is 0.257 e. The van der Waals surface area contributed by atoms with Crippen molar-refractivity contribution in [1.29, 1.82) is 0 Å². The van der Waals surface area contributed by atoms with E-state index >= 15 is 0 Å². The fourth-order valence-electron chi connectivity index (χ4n) is 3.97. The van der Waals surface area contributed by atoms with E-state index in [0.717, 1.165) is 0 Å². The van der Waals surface area contributed by atoms with Crippen molar-refractivity contribution in [2.75, 3.05) is 10.6 Å². The average Bonchev–Trinajstić information content (AvgIpc) is 3.13. The summed E-state index contributed by atoms with van der Waals surface area (Å²) >= 11 is 0. The van der Waals surface area contributed by atoms with Crippen LogP contribution in [0.5, 0.6) is 0 Å². The highest BCUT2D eigenvalue weighted by Gasteiger charge is 2.37. The van der Waals surface area contributed by atoms with Crippen molar-refractivity contribution in [3.8, 4) is 11.3 Å². The van der Waals surface area contributed by atoms with Crippen molar-refractivity contribution in [2.24, 2.45) is 13.0 Å². The molecule has 2 aromatic heterocycles. The quantitative estimate of drug-likeness (QED) is 0.551. The smallest absolute Gasteiger partial charge is 0.257 e. The summed E-state index contributed by atoms with van der Waals surface area (Å²) in [7, 11) is 1.59. The molecule has 1 fully saturated rings. The maximum atomic E-state index is 14.9. The number of hydrogen-bond acceptors (Lipinski definition) is 4. The Hall–Kier alpha value is -3.69. The minimum absolute atomic E-state index is 0.115. The van der Waals surface area contributed by atoms with Crippen LogP contribution in [0.3, 0.4) is 0 Å². The molecule has 34 heavy (non-hydrogen) atoms. The number of anilines is 2. The van der Waals surface area contributed by atoms with Gasteiger partial charge in [0.1, 0.15) is 11.6 Å². The van der Waals surface area contributed by atoms with Crippen LogP contribution in [0.15, 0.2) is 42.6 Å². The largest absolute Gasteiger partial charge is 0.322 e. The molecule has 0 atom stereocenters. The average molecular weight is 471 g/mol. The second-order valence-corrected chi connectivity index (χ2v) is 8.44. The number of nitrogens with zero attached hydrogens (tertiary/aromatic N) is 3. The highest BCUT2D eigenvalue weighted by atomic mass is 19.3. The van der Waals surface area contributed by atoms with Crippen LogP contribution in [0.2, 0.25) is 0 Å². The van der Waals surface area contributed by atoms with E-state index in [0.29, 0.717) is 17.1 Å². The summed E-state index contributed by atoms with van der Waals surface area (Å²) in [6, 6.07) is 9.02. The number of rotatable bonds is 5. The van der Waals surface area contributed by atoms with Crippen LogP contribution in [-0.2, 0) is 11.8 Å². The Bertz CT molecular complexity index is 1230. The second kappa shape index (κ2) is 9.28. The molecule has 0 aliphatic heterocycles. The van der Waals surface area contributed by atoms with Gasteiger partial charge in [0, 0.05) is 55.0 Å². The molecule has 0 radical (unpaired) electrons. The van der Waals surface area contributed by atoms with Gasteiger partial charge < -0.3 is 10.6 Å². The van der Waals surface area contributed by atoms with Gasteiger partial charge in [0.05, 0.1) is 11.3 Å². The number of halogens is 3. The van der Waals surface area contributed by atoms with Gasteiger partial charge in [-0.2, -0.15) is 5.10 Å². The third kappa shape index (κ3) is 5.11. The lowest BCUT2D eigenvalue weighted by Gasteiger charge is -2.27. The van der Waals surface area contributed by atoms with Crippen LogP contribution in [0.1, 0.15) is 41.7 Å². The molecule has 10 heteroatoms. The first kappa shape index (κ1) is 23.5. The van der Waals surface area contributed by atoms with E-state index in [-0.39, 0.29) is 48.5 Å². The van der Waals surface area contributed by atoms with Crippen LogP contribution in [0.4, 0.5) is 24.7 Å². The van der Waals surface area contributed by atoms with Crippen molar-refractivity contribution >= 4 is 23.3 Å². The molecular weight excluding hydrogens is 447 g/mol. The molecule has 0 saturated heterocycles. The van der Waals surface area contributed by atoms with E-state index in [1.165, 1.54) is 22.9 Å². The van der Waals surface area contributed by atoms with E-state index in [2.05, 4.69) is 20.7 Å². The van der Waals surface area contributed by atoms with Crippen molar-refractivity contribution in [3.05, 3.63) is 59.7 Å². The van der Waals surface area contributed by atoms with Gasteiger partial charge >= 0.3 is 0 Å². The fraction of sp³-hybridized carbons (Fsp3) is 0.333. The third-order valence-corrected chi connectivity index (χ3v) is 5.97. The first-order chi connectivity index (χ1) is 16.1. The van der Waals surface area contributed by atoms with Crippen molar-refractivity contribution in [3.63, 3.8) is 0 Å². The van der Waals surface area contributed by atoms with Crippen LogP contribution >= 0.6 is 0 Å². The van der Waals surface area contributed by atoms with E-state index in [4.69, 9.17) is 0 Å². The Labute approximate surface area is 194 Å². The Kier molecular flexibility index (Phi) is 6.41. The zero-order valence-corrected chi connectivity index (χ0v) is 18.7. The lowest BCUT2D eigenvalue weighted by Crippen LogP contribution is -2.32. The molecule has 1 aromatic carbocycles. The van der Waals surface area contributed by atoms with Crippen molar-refractivity contribution in [2.45, 2.75) is 38.5 Å². The molecule has 0 unspecified atom stereocenters. The van der Waals surface area contributed by atoms with Crippen LogP contribution in [0, 0.1) is 18.7 Å². The molecular formula is C24H24F3N5O2. The second-order valence-electron chi connectivity index (χ2n) is 8.44. The first-order valence-electron chi connectivity index (χ1n) is 10.9. The van der Waals surface area contributed by atoms with Crippen molar-refractivity contribution in [1.82, 2.24) is 14.8 Å². The predicted octanol–water partition coefficient (Wildman–Crippen LogP) is 4.95. The van der Waals surface area contributed by atoms with E-state index in [1.54, 1.807) is 38.4 Å². The Morgan fingerprint density at radius 1 is 1.12 bits per heavy atom. The van der Waals surface area contributed by atoms with Gasteiger partial charge in [0.25, 0.3) is 5.91 Å². The van der Waals surface area contributed by atoms with Crippen molar-refractivity contribution < 1.29 is 22.8 Å². The lowest BCUT2D eigenvalue weighted by atomic mass is 9.86. The molecule has 0 spiro atoms. The van der Waals surface area contributed by atoms with Crippen LogP contribution in [-0.4, -0.2) is 32.5 Å². The highest BCUT2D eigenvalue weighted by molar-refractivity contribution is 6.05. The zero-order valence-electron chi connectivity index (χ0n) is 18.7. The third-order valence-electron chi connectivity index (χ3n) is 5.97. The number of amides is 2. The summed E-state index contributed by atoms with van der Waals surface area (Å²) in [6.07, 6.45) is 1.19. The van der Waals surface area contributed by atoms with Gasteiger partial charge in [-0.3, -0.25) is 19.3 Å². The monoisotopic (exact) mass is 471 g/mol. The number of nitrogens with one attached hydrogen (secondary N) is 2. The highest BCUT2D eigenvalue weighted by Crippen LogP contribution is 2.36. The van der Waals surface area contributed by atoms with E-state index < -0.39 is 23.6 Å². The summed E-state index contributed by atoms with van der Waals surface area (Å²) in [4.78, 5) is 29.0. The summed E-state index contributed by atoms with van der Waals surface area (Å²) in [6.45, 7) is 1.71. The molecule has 0 bridgehead atoms. The number of alkyl halides is 2. The number of pyridine rings is 1. The van der Waals surface area contributed by atoms with Gasteiger partial charge in [-0.25, -0.2) is 13.2 Å². The van der Waals surface area contributed by atoms with Gasteiger partial charge in [-0.05, 0) is 50.1 Å². The number of carbonyl (C=O) groups is 2. The molecule has 1 aliphatic carbocycles. The molecule has 3 aromatic rings. The number of hydrogen-bond donors (Lipinski definition) is 2. The lowest BCUT2D eigenvalue weighted by molar-refractivity contribution is -0.124. The maximum absolute atomic E-state index is 14.9. The minimum Gasteiger partial charge on any atom is -0.322 e. The zero-order chi connectivity index (χ0) is 24.5. The Morgan fingerprint density at radius 2 is 1.85 bits per heavy atom. The Morgan fingerprint density at radius 3 is 2.53 bits per heavy atom. The van der Waals surface area contributed by atoms with Gasteiger partial charge in [0.2, 0.25) is 11.8 Å². The van der Waals surface area contributed by atoms with Gasteiger partial charge in [-0.1, -0.05) is 0 Å². The first-order valence-corrected chi connectivity index (χ1v) is 10.9. The van der Waals surface area contributed by atoms with Gasteiger partial charge in [-0.15, -0.1) is 0 Å². The molecule has 7 nitrogen and oxygen atoms in total. The molecule has 2 amide bonds. The van der Waals surface area contributed by atoms with Crippen LogP contribution in [0.25, 0.3) is 11.3 Å². The number of carbonyl (C=O) groups excluding carboxylic acids is 2. The minimum atomic E-state index is -2.71. The number of benzene rings is 1. The molecule has 1 aliphatic rings. The molecule has 2 N–H and O–H groups in total. The van der Waals surface area contributed by atoms with E-state index in [1.807, 2.05) is 0 Å². The summed E-state index contributed by atoms with van der Waals surface area (Å²) in [5.41, 5.74) is 1.68. The summed E-state index contributed by atoms with van der Waals surface area (Å²) in [5.74, 6) is -4.24. The molecule has 178 valence electrons. The fourth-order valence-corrected chi connectivity index (χ4v) is 3.97. The summed E-state index contributed by atoms with van der Waals surface area (Å²) in [5, 5.41) is 9.62. The van der Waals surface area contributed by atoms with Crippen LogP contribution < -0.4 is 10.6 Å². The summed E-state index contributed by atoms with van der Waals surface area (Å²) < 4.78 is 43.0. The molecule has 1 saturated carbocycles. The van der Waals surface area contributed by atoms with E-state index in [9.17, 15) is 22.8 Å². The topological polar surface area (TPSA) is 88.9 Å². The Balaban J connectivity index is 1.46. The number of aromatic nitrogens is 3. The normalized spacial score (nSPS) is 15.7. The standard InChI is InChI=1S/C24H24F3N5O2/c1-14-17(4-3-11-28-14)23(34)29-16-5-6-18(19(25)12-16)20-13-21(32(2)31-20)30-22(33)15-7-9-24(26,27)10-8-15/h3-6,11-13,15H,7-10H2,1-2H3,(H,29,34)(H,30,33). The van der Waals surface area contributed by atoms with Gasteiger partial charge in [0.15, 0.2) is 0 Å². The SMILES string of the molecule is Cc1ncccc1C(=O)Nc1ccc(-c2cc(NC(=O)C3CCC(F)(F)CC3)n(C)n2)c(F)c1. The number of aryl methyl sites for hydroxylation is 2. The molecule has 2 heterocycles. The molecule has 4 rings (SSSR count). The predicted molar refractivity (Wildman–Crippen MR) is 121 cm³/mol.